The normalized spacial score (nSPS) is 13.0. The van der Waals surface area contributed by atoms with Crippen LogP contribution >= 0.6 is 11.3 Å². The molecule has 0 aliphatic heterocycles. The fourth-order valence-electron chi connectivity index (χ4n) is 1.60. The number of hydrogen-bond acceptors (Lipinski definition) is 2. The molecular weight excluding hydrogens is 190 g/mol. The lowest BCUT2D eigenvalue weighted by atomic mass is 9.98. The molecule has 2 heteroatoms. The van der Waals surface area contributed by atoms with E-state index < -0.39 is 0 Å². The fourth-order valence-corrected chi connectivity index (χ4v) is 2.31. The Hall–Kier alpha value is -0.340. The number of nitrogens with one attached hydrogen (secondary N) is 1. The third-order valence-electron chi connectivity index (χ3n) is 2.68. The van der Waals surface area contributed by atoms with Gasteiger partial charge in [-0.1, -0.05) is 20.3 Å². The summed E-state index contributed by atoms with van der Waals surface area (Å²) in [6.45, 7) is 6.73. The molecule has 1 rings (SSSR count). The molecule has 0 bridgehead atoms. The predicted molar refractivity (Wildman–Crippen MR) is 65.0 cm³/mol. The Morgan fingerprint density at radius 1 is 1.43 bits per heavy atom. The topological polar surface area (TPSA) is 12.0 Å². The molecule has 1 atom stereocenters. The molecule has 0 aromatic carbocycles. The SMILES string of the molecule is CCNCC(CC)CCc1ccsc1. The molecule has 1 aromatic rings. The molecule has 0 saturated carbocycles. The number of aryl methyl sites for hydroxylation is 1. The van der Waals surface area contributed by atoms with Gasteiger partial charge >= 0.3 is 0 Å². The van der Waals surface area contributed by atoms with Gasteiger partial charge in [-0.05, 0) is 54.2 Å². The van der Waals surface area contributed by atoms with Crippen LogP contribution in [0, 0.1) is 5.92 Å². The van der Waals surface area contributed by atoms with Crippen molar-refractivity contribution in [2.75, 3.05) is 13.1 Å². The predicted octanol–water partition coefficient (Wildman–Crippen LogP) is 3.32. The van der Waals surface area contributed by atoms with E-state index in [1.54, 1.807) is 11.3 Å². The first-order valence-corrected chi connectivity index (χ1v) is 6.52. The van der Waals surface area contributed by atoms with Gasteiger partial charge in [-0.2, -0.15) is 11.3 Å². The molecule has 0 saturated heterocycles. The van der Waals surface area contributed by atoms with E-state index in [9.17, 15) is 0 Å². The molecule has 0 spiro atoms. The number of hydrogen-bond donors (Lipinski definition) is 1. The average molecular weight is 211 g/mol. The highest BCUT2D eigenvalue weighted by atomic mass is 32.1. The minimum absolute atomic E-state index is 0.842. The van der Waals surface area contributed by atoms with E-state index >= 15 is 0 Å². The Morgan fingerprint density at radius 3 is 2.86 bits per heavy atom. The van der Waals surface area contributed by atoms with Crippen LogP contribution in [0.15, 0.2) is 16.8 Å². The van der Waals surface area contributed by atoms with Crippen molar-refractivity contribution >= 4 is 11.3 Å². The summed E-state index contributed by atoms with van der Waals surface area (Å²) in [4.78, 5) is 0. The Labute approximate surface area is 91.5 Å². The van der Waals surface area contributed by atoms with E-state index in [0.717, 1.165) is 12.5 Å². The highest BCUT2D eigenvalue weighted by Crippen LogP contribution is 2.14. The molecule has 80 valence electrons. The van der Waals surface area contributed by atoms with Crippen molar-refractivity contribution in [2.45, 2.75) is 33.1 Å². The zero-order valence-corrected chi connectivity index (χ0v) is 10.1. The van der Waals surface area contributed by atoms with E-state index in [0.29, 0.717) is 0 Å². The molecule has 1 heterocycles. The molecular formula is C12H21NS. The molecule has 1 N–H and O–H groups in total. The number of thiophene rings is 1. The zero-order chi connectivity index (χ0) is 10.2. The molecule has 1 nitrogen and oxygen atoms in total. The van der Waals surface area contributed by atoms with Crippen molar-refractivity contribution in [3.05, 3.63) is 22.4 Å². The average Bonchev–Trinajstić information content (AvgIpc) is 2.71. The van der Waals surface area contributed by atoms with Crippen LogP contribution in [0.3, 0.4) is 0 Å². The molecule has 0 fully saturated rings. The van der Waals surface area contributed by atoms with Gasteiger partial charge in [0.25, 0.3) is 0 Å². The largest absolute Gasteiger partial charge is 0.317 e. The van der Waals surface area contributed by atoms with Crippen molar-refractivity contribution in [1.29, 1.82) is 0 Å². The lowest BCUT2D eigenvalue weighted by molar-refractivity contribution is 0.439. The Balaban J connectivity index is 2.20. The first-order valence-electron chi connectivity index (χ1n) is 5.58. The molecule has 0 aliphatic carbocycles. The van der Waals surface area contributed by atoms with Crippen LogP contribution in [-0.4, -0.2) is 13.1 Å². The van der Waals surface area contributed by atoms with Crippen LogP contribution in [0.4, 0.5) is 0 Å². The second kappa shape index (κ2) is 7.02. The van der Waals surface area contributed by atoms with Crippen LogP contribution in [0.25, 0.3) is 0 Å². The Morgan fingerprint density at radius 2 is 2.29 bits per heavy atom. The summed E-state index contributed by atoms with van der Waals surface area (Å²) in [5, 5.41) is 7.86. The second-order valence-corrected chi connectivity index (χ2v) is 4.53. The first-order chi connectivity index (χ1) is 6.86. The quantitative estimate of drug-likeness (QED) is 0.729. The van der Waals surface area contributed by atoms with Gasteiger partial charge in [0.05, 0.1) is 0 Å². The monoisotopic (exact) mass is 211 g/mol. The third-order valence-corrected chi connectivity index (χ3v) is 3.41. The highest BCUT2D eigenvalue weighted by Gasteiger charge is 2.05. The summed E-state index contributed by atoms with van der Waals surface area (Å²) in [5.74, 6) is 0.842. The number of rotatable bonds is 7. The van der Waals surface area contributed by atoms with Crippen molar-refractivity contribution in [2.24, 2.45) is 5.92 Å². The minimum atomic E-state index is 0.842. The summed E-state index contributed by atoms with van der Waals surface area (Å²) in [7, 11) is 0. The molecule has 1 aromatic heterocycles. The molecule has 0 radical (unpaired) electrons. The zero-order valence-electron chi connectivity index (χ0n) is 9.25. The summed E-state index contributed by atoms with van der Waals surface area (Å²) >= 11 is 1.80. The van der Waals surface area contributed by atoms with Gasteiger partial charge in [0.2, 0.25) is 0 Å². The van der Waals surface area contributed by atoms with E-state index in [-0.39, 0.29) is 0 Å². The summed E-state index contributed by atoms with van der Waals surface area (Å²) in [6, 6.07) is 2.24. The van der Waals surface area contributed by atoms with Crippen LogP contribution in [0.1, 0.15) is 32.3 Å². The lowest BCUT2D eigenvalue weighted by Crippen LogP contribution is -2.22. The maximum absolute atomic E-state index is 3.43. The van der Waals surface area contributed by atoms with Gasteiger partial charge in [0, 0.05) is 0 Å². The van der Waals surface area contributed by atoms with Crippen LogP contribution < -0.4 is 5.32 Å². The second-order valence-electron chi connectivity index (χ2n) is 3.75. The third kappa shape index (κ3) is 4.25. The van der Waals surface area contributed by atoms with E-state index in [2.05, 4.69) is 36.0 Å². The van der Waals surface area contributed by atoms with Gasteiger partial charge in [-0.3, -0.25) is 0 Å². The van der Waals surface area contributed by atoms with Crippen molar-refractivity contribution in [3.63, 3.8) is 0 Å². The summed E-state index contributed by atoms with van der Waals surface area (Å²) in [5.41, 5.74) is 1.50. The van der Waals surface area contributed by atoms with Gasteiger partial charge in [0.1, 0.15) is 0 Å². The van der Waals surface area contributed by atoms with E-state index in [1.807, 2.05) is 0 Å². The first kappa shape index (κ1) is 11.7. The van der Waals surface area contributed by atoms with Gasteiger partial charge in [-0.15, -0.1) is 0 Å². The maximum atomic E-state index is 3.43. The van der Waals surface area contributed by atoms with E-state index in [1.165, 1.54) is 31.4 Å². The van der Waals surface area contributed by atoms with Gasteiger partial charge in [0.15, 0.2) is 0 Å². The molecule has 14 heavy (non-hydrogen) atoms. The smallest absolute Gasteiger partial charge is 0.00206 e. The maximum Gasteiger partial charge on any atom is -0.00206 e. The Kier molecular flexibility index (Phi) is 5.88. The van der Waals surface area contributed by atoms with Crippen molar-refractivity contribution in [3.8, 4) is 0 Å². The van der Waals surface area contributed by atoms with Crippen molar-refractivity contribution in [1.82, 2.24) is 5.32 Å². The lowest BCUT2D eigenvalue weighted by Gasteiger charge is -2.14. The van der Waals surface area contributed by atoms with Gasteiger partial charge < -0.3 is 5.32 Å². The molecule has 0 amide bonds. The molecule has 1 unspecified atom stereocenters. The summed E-state index contributed by atoms with van der Waals surface area (Å²) in [6.07, 6.45) is 3.85. The highest BCUT2D eigenvalue weighted by molar-refractivity contribution is 7.07. The van der Waals surface area contributed by atoms with Crippen molar-refractivity contribution < 1.29 is 0 Å². The summed E-state index contributed by atoms with van der Waals surface area (Å²) < 4.78 is 0. The van der Waals surface area contributed by atoms with Crippen LogP contribution in [-0.2, 0) is 6.42 Å². The van der Waals surface area contributed by atoms with Crippen LogP contribution in [0.5, 0.6) is 0 Å². The van der Waals surface area contributed by atoms with Gasteiger partial charge in [-0.25, -0.2) is 0 Å². The standard InChI is InChI=1S/C12H21NS/c1-3-11(9-13-4-2)5-6-12-7-8-14-10-12/h7-8,10-11,13H,3-6,9H2,1-2H3. The molecule has 0 aliphatic rings. The minimum Gasteiger partial charge on any atom is -0.317 e. The van der Waals surface area contributed by atoms with Crippen LogP contribution in [0.2, 0.25) is 0 Å². The fraction of sp³-hybridized carbons (Fsp3) is 0.667. The Bertz CT molecular complexity index is 218. The van der Waals surface area contributed by atoms with E-state index in [4.69, 9.17) is 0 Å².